The van der Waals surface area contributed by atoms with Crippen molar-refractivity contribution in [3.8, 4) is 11.8 Å². The number of nitrogens with zero attached hydrogens (tertiary/aromatic N) is 3. The summed E-state index contributed by atoms with van der Waals surface area (Å²) in [6.07, 6.45) is 1.27. The van der Waals surface area contributed by atoms with Crippen LogP contribution >= 0.6 is 11.8 Å². The fourth-order valence-corrected chi connectivity index (χ4v) is 5.10. The van der Waals surface area contributed by atoms with Crippen LogP contribution in [-0.2, 0) is 11.2 Å². The van der Waals surface area contributed by atoms with E-state index in [9.17, 15) is 10.1 Å². The lowest BCUT2D eigenvalue weighted by Gasteiger charge is -2.41. The van der Waals surface area contributed by atoms with Gasteiger partial charge in [0.25, 0.3) is 0 Å². The van der Waals surface area contributed by atoms with Gasteiger partial charge in [0.2, 0.25) is 5.91 Å². The molecule has 2 aromatic rings. The molecule has 0 unspecified atom stereocenters. The molecule has 5 nitrogen and oxygen atoms in total. The maximum Gasteiger partial charge on any atom is 0.229 e. The Kier molecular flexibility index (Phi) is 6.41. The van der Waals surface area contributed by atoms with Crippen LogP contribution in [0, 0.1) is 11.3 Å². The van der Waals surface area contributed by atoms with Crippen molar-refractivity contribution in [2.24, 2.45) is 0 Å². The standard InChI is InChI=1S/C24H25N3O2S/c1-2-29-20-10-8-19(9-11-20)21-14-23(28)27-16-26(17-30-24(27)22(21)15-25)13-12-18-6-4-3-5-7-18/h3-11,21H,2,12-14,16-17H2,1H3/t21-/m0/s1. The average molecular weight is 420 g/mol. The number of carbonyl (C=O) groups excluding carboxylic acids is 1. The summed E-state index contributed by atoms with van der Waals surface area (Å²) in [6, 6.07) is 20.5. The number of hydrogen-bond acceptors (Lipinski definition) is 5. The predicted molar refractivity (Wildman–Crippen MR) is 119 cm³/mol. The van der Waals surface area contributed by atoms with Gasteiger partial charge in [-0.1, -0.05) is 54.2 Å². The second kappa shape index (κ2) is 9.38. The molecule has 0 radical (unpaired) electrons. The monoisotopic (exact) mass is 419 g/mol. The third-order valence-electron chi connectivity index (χ3n) is 5.50. The zero-order valence-electron chi connectivity index (χ0n) is 17.1. The lowest BCUT2D eigenvalue weighted by molar-refractivity contribution is -0.131. The summed E-state index contributed by atoms with van der Waals surface area (Å²) in [5.74, 6) is 1.48. The molecule has 154 valence electrons. The van der Waals surface area contributed by atoms with Gasteiger partial charge in [0, 0.05) is 18.9 Å². The molecule has 2 heterocycles. The van der Waals surface area contributed by atoms with Crippen LogP contribution in [0.3, 0.4) is 0 Å². The largest absolute Gasteiger partial charge is 0.494 e. The van der Waals surface area contributed by atoms with Gasteiger partial charge in [-0.25, -0.2) is 0 Å². The first-order chi connectivity index (χ1) is 14.7. The highest BCUT2D eigenvalue weighted by Gasteiger charge is 2.38. The lowest BCUT2D eigenvalue weighted by Crippen LogP contribution is -2.47. The molecule has 0 bridgehead atoms. The summed E-state index contributed by atoms with van der Waals surface area (Å²) in [6.45, 7) is 4.00. The molecule has 6 heteroatoms. The maximum atomic E-state index is 13.0. The van der Waals surface area contributed by atoms with Crippen LogP contribution in [0.1, 0.15) is 30.4 Å². The van der Waals surface area contributed by atoms with Crippen LogP contribution in [0.15, 0.2) is 65.2 Å². The van der Waals surface area contributed by atoms with E-state index >= 15 is 0 Å². The summed E-state index contributed by atoms with van der Waals surface area (Å²) in [4.78, 5) is 17.0. The Bertz CT molecular complexity index is 966. The van der Waals surface area contributed by atoms with E-state index < -0.39 is 0 Å². The number of allylic oxidation sites excluding steroid dienone is 1. The molecular formula is C24H25N3O2S. The topological polar surface area (TPSA) is 56.6 Å². The molecule has 1 amide bonds. The van der Waals surface area contributed by atoms with E-state index in [-0.39, 0.29) is 11.8 Å². The number of nitriles is 1. The SMILES string of the molecule is CCOc1ccc([C@@H]2CC(=O)N3CN(CCc4ccccc4)CSC3=C2C#N)cc1. The van der Waals surface area contributed by atoms with Crippen molar-refractivity contribution in [2.75, 3.05) is 25.7 Å². The number of thioether (sulfide) groups is 1. The molecule has 0 aliphatic carbocycles. The van der Waals surface area contributed by atoms with Crippen molar-refractivity contribution >= 4 is 17.7 Å². The number of ether oxygens (including phenoxy) is 1. The minimum Gasteiger partial charge on any atom is -0.494 e. The lowest BCUT2D eigenvalue weighted by atomic mass is 9.86. The first-order valence-electron chi connectivity index (χ1n) is 10.3. The van der Waals surface area contributed by atoms with Gasteiger partial charge in [-0.2, -0.15) is 5.26 Å². The van der Waals surface area contributed by atoms with Crippen molar-refractivity contribution in [2.45, 2.75) is 25.7 Å². The molecule has 0 aromatic heterocycles. The van der Waals surface area contributed by atoms with Gasteiger partial charge in [-0.05, 0) is 36.6 Å². The summed E-state index contributed by atoms with van der Waals surface area (Å²) in [5.41, 5.74) is 2.98. The maximum absolute atomic E-state index is 13.0. The number of rotatable bonds is 6. The Morgan fingerprint density at radius 2 is 1.93 bits per heavy atom. The van der Waals surface area contributed by atoms with Crippen LogP contribution < -0.4 is 4.74 Å². The van der Waals surface area contributed by atoms with Crippen molar-refractivity contribution < 1.29 is 9.53 Å². The van der Waals surface area contributed by atoms with Gasteiger partial charge >= 0.3 is 0 Å². The zero-order valence-corrected chi connectivity index (χ0v) is 17.9. The molecule has 2 aromatic carbocycles. The highest BCUT2D eigenvalue weighted by molar-refractivity contribution is 8.03. The van der Waals surface area contributed by atoms with Gasteiger partial charge in [0.15, 0.2) is 0 Å². The Labute approximate surface area is 181 Å². The molecule has 1 atom stereocenters. The van der Waals surface area contributed by atoms with Gasteiger partial charge in [-0.3, -0.25) is 14.6 Å². The summed E-state index contributed by atoms with van der Waals surface area (Å²) >= 11 is 1.60. The third kappa shape index (κ3) is 4.38. The number of carbonyl (C=O) groups is 1. The second-order valence-electron chi connectivity index (χ2n) is 7.46. The minimum atomic E-state index is -0.187. The first-order valence-corrected chi connectivity index (χ1v) is 11.2. The number of fused-ring (bicyclic) bond motifs is 1. The van der Waals surface area contributed by atoms with E-state index in [1.807, 2.05) is 37.3 Å². The Balaban J connectivity index is 1.49. The number of hydrogen-bond donors (Lipinski definition) is 0. The molecule has 0 spiro atoms. The van der Waals surface area contributed by atoms with E-state index in [4.69, 9.17) is 4.74 Å². The Morgan fingerprint density at radius 1 is 1.17 bits per heavy atom. The van der Waals surface area contributed by atoms with Gasteiger partial charge in [0.05, 0.1) is 35.8 Å². The van der Waals surface area contributed by atoms with Crippen LogP contribution in [0.5, 0.6) is 5.75 Å². The van der Waals surface area contributed by atoms with Gasteiger partial charge < -0.3 is 4.74 Å². The molecule has 2 aliphatic rings. The van der Waals surface area contributed by atoms with Crippen molar-refractivity contribution in [1.29, 1.82) is 5.26 Å². The van der Waals surface area contributed by atoms with Crippen molar-refractivity contribution in [3.05, 3.63) is 76.3 Å². The summed E-state index contributed by atoms with van der Waals surface area (Å²) in [5, 5.41) is 10.7. The van der Waals surface area contributed by atoms with Crippen molar-refractivity contribution in [1.82, 2.24) is 9.80 Å². The Morgan fingerprint density at radius 3 is 2.63 bits per heavy atom. The molecule has 0 N–H and O–H groups in total. The highest BCUT2D eigenvalue weighted by atomic mass is 32.2. The van der Waals surface area contributed by atoms with Crippen LogP contribution in [0.25, 0.3) is 0 Å². The average Bonchev–Trinajstić information content (AvgIpc) is 2.79. The minimum absolute atomic E-state index is 0.0831. The molecule has 0 saturated carbocycles. The smallest absolute Gasteiger partial charge is 0.229 e. The van der Waals surface area contributed by atoms with E-state index in [0.29, 0.717) is 25.3 Å². The summed E-state index contributed by atoms with van der Waals surface area (Å²) < 4.78 is 5.51. The molecule has 2 aliphatic heterocycles. The molecule has 1 fully saturated rings. The van der Waals surface area contributed by atoms with Crippen LogP contribution in [0.4, 0.5) is 0 Å². The van der Waals surface area contributed by atoms with E-state index in [2.05, 4.69) is 35.2 Å². The molecule has 30 heavy (non-hydrogen) atoms. The van der Waals surface area contributed by atoms with Gasteiger partial charge in [0.1, 0.15) is 5.75 Å². The molecule has 1 saturated heterocycles. The number of benzene rings is 2. The van der Waals surface area contributed by atoms with E-state index in [1.165, 1.54) is 5.56 Å². The molecule has 4 rings (SSSR count). The third-order valence-corrected chi connectivity index (χ3v) is 6.71. The van der Waals surface area contributed by atoms with Crippen LogP contribution in [0.2, 0.25) is 0 Å². The van der Waals surface area contributed by atoms with Crippen LogP contribution in [-0.4, -0.2) is 41.4 Å². The fraction of sp³-hybridized carbons (Fsp3) is 0.333. The van der Waals surface area contributed by atoms with Gasteiger partial charge in [-0.15, -0.1) is 0 Å². The normalized spacial score (nSPS) is 19.4. The zero-order chi connectivity index (χ0) is 20.9. The second-order valence-corrected chi connectivity index (χ2v) is 8.39. The number of amides is 1. The first kappa shape index (κ1) is 20.5. The van der Waals surface area contributed by atoms with E-state index in [0.717, 1.165) is 35.2 Å². The fourth-order valence-electron chi connectivity index (χ4n) is 3.93. The van der Waals surface area contributed by atoms with E-state index in [1.54, 1.807) is 16.7 Å². The molecular weight excluding hydrogens is 394 g/mol. The van der Waals surface area contributed by atoms with Crippen molar-refractivity contribution in [3.63, 3.8) is 0 Å². The quantitative estimate of drug-likeness (QED) is 0.697. The Hall–Kier alpha value is -2.75. The predicted octanol–water partition coefficient (Wildman–Crippen LogP) is 4.34. The summed E-state index contributed by atoms with van der Waals surface area (Å²) in [7, 11) is 0. The highest BCUT2D eigenvalue weighted by Crippen LogP contribution is 2.42.